The van der Waals surface area contributed by atoms with Crippen molar-refractivity contribution in [1.82, 2.24) is 0 Å². The van der Waals surface area contributed by atoms with E-state index in [1.807, 2.05) is 18.2 Å². The van der Waals surface area contributed by atoms with Gasteiger partial charge in [0.1, 0.15) is 12.4 Å². The molecule has 2 rings (SSSR count). The molecule has 0 unspecified atom stereocenters. The summed E-state index contributed by atoms with van der Waals surface area (Å²) >= 11 is 6.83. The molecule has 0 heterocycles. The highest BCUT2D eigenvalue weighted by Gasteiger charge is 2.32. The van der Waals surface area contributed by atoms with E-state index in [0.29, 0.717) is 6.61 Å². The molecule has 1 aromatic carbocycles. The Bertz CT molecular complexity index is 373. The highest BCUT2D eigenvalue weighted by Crippen LogP contribution is 2.32. The van der Waals surface area contributed by atoms with Crippen molar-refractivity contribution >= 4 is 31.9 Å². The molecule has 0 saturated heterocycles. The van der Waals surface area contributed by atoms with Crippen LogP contribution in [0.5, 0.6) is 5.75 Å². The van der Waals surface area contributed by atoms with Crippen molar-refractivity contribution < 1.29 is 9.84 Å². The fourth-order valence-electron chi connectivity index (χ4n) is 1.98. The molecule has 0 aliphatic heterocycles. The van der Waals surface area contributed by atoms with Crippen molar-refractivity contribution in [2.24, 2.45) is 0 Å². The van der Waals surface area contributed by atoms with Gasteiger partial charge in [-0.3, -0.25) is 0 Å². The monoisotopic (exact) mass is 348 g/mol. The summed E-state index contributed by atoms with van der Waals surface area (Å²) in [5.74, 6) is 0.781. The van der Waals surface area contributed by atoms with Gasteiger partial charge in [0.15, 0.2) is 0 Å². The van der Waals surface area contributed by atoms with E-state index in [2.05, 4.69) is 31.9 Å². The number of hydrogen-bond donors (Lipinski definition) is 1. The second-order valence-corrected chi connectivity index (χ2v) is 6.06. The number of hydrogen-bond acceptors (Lipinski definition) is 2. The highest BCUT2D eigenvalue weighted by molar-refractivity contribution is 9.11. The zero-order valence-electron chi connectivity index (χ0n) is 8.88. The Balaban J connectivity index is 1.99. The normalized spacial score (nSPS) is 18.7. The Kier molecular flexibility index (Phi) is 3.93. The highest BCUT2D eigenvalue weighted by atomic mass is 79.9. The smallest absolute Gasteiger partial charge is 0.133 e. The lowest BCUT2D eigenvalue weighted by Crippen LogP contribution is -2.32. The average Bonchev–Trinajstić information content (AvgIpc) is 2.64. The number of rotatable bonds is 3. The zero-order chi connectivity index (χ0) is 11.6. The van der Waals surface area contributed by atoms with Crippen molar-refractivity contribution in [1.29, 1.82) is 0 Å². The van der Waals surface area contributed by atoms with Crippen LogP contribution in [-0.2, 0) is 0 Å². The molecule has 0 amide bonds. The lowest BCUT2D eigenvalue weighted by molar-refractivity contribution is 0.00118. The van der Waals surface area contributed by atoms with E-state index in [9.17, 15) is 5.11 Å². The van der Waals surface area contributed by atoms with E-state index in [0.717, 1.165) is 40.4 Å². The van der Waals surface area contributed by atoms with Crippen molar-refractivity contribution in [3.05, 3.63) is 27.1 Å². The van der Waals surface area contributed by atoms with Crippen molar-refractivity contribution in [2.45, 2.75) is 31.3 Å². The summed E-state index contributed by atoms with van der Waals surface area (Å²) < 4.78 is 7.57. The van der Waals surface area contributed by atoms with E-state index in [1.165, 1.54) is 0 Å². The Morgan fingerprint density at radius 2 is 1.94 bits per heavy atom. The molecule has 1 aliphatic rings. The van der Waals surface area contributed by atoms with Gasteiger partial charge in [0.05, 0.1) is 10.1 Å². The first-order chi connectivity index (χ1) is 7.59. The Hall–Kier alpha value is -0.0600. The summed E-state index contributed by atoms with van der Waals surface area (Å²) in [5, 5.41) is 10.1. The lowest BCUT2D eigenvalue weighted by Gasteiger charge is -2.22. The van der Waals surface area contributed by atoms with Gasteiger partial charge in [0.25, 0.3) is 0 Å². The number of ether oxygens (including phenoxy) is 1. The molecule has 1 aliphatic carbocycles. The van der Waals surface area contributed by atoms with Crippen LogP contribution in [0.1, 0.15) is 25.7 Å². The predicted octanol–water partition coefficient (Wildman–Crippen LogP) is 3.90. The molecule has 0 radical (unpaired) electrons. The summed E-state index contributed by atoms with van der Waals surface area (Å²) in [6.07, 6.45) is 3.89. The topological polar surface area (TPSA) is 29.5 Å². The van der Waals surface area contributed by atoms with Gasteiger partial charge in [-0.1, -0.05) is 28.8 Å². The molecule has 1 fully saturated rings. The van der Waals surface area contributed by atoms with Crippen LogP contribution in [0.15, 0.2) is 27.1 Å². The first-order valence-electron chi connectivity index (χ1n) is 5.39. The van der Waals surface area contributed by atoms with Gasteiger partial charge in [-0.2, -0.15) is 0 Å². The van der Waals surface area contributed by atoms with Gasteiger partial charge in [0, 0.05) is 4.47 Å². The Morgan fingerprint density at radius 3 is 2.56 bits per heavy atom. The summed E-state index contributed by atoms with van der Waals surface area (Å²) in [6, 6.07) is 5.76. The molecule has 1 aromatic rings. The second-order valence-electron chi connectivity index (χ2n) is 4.29. The molecule has 2 nitrogen and oxygen atoms in total. The summed E-state index contributed by atoms with van der Waals surface area (Å²) in [7, 11) is 0. The zero-order valence-corrected chi connectivity index (χ0v) is 12.1. The fourth-order valence-corrected chi connectivity index (χ4v) is 3.14. The quantitative estimate of drug-likeness (QED) is 0.896. The maximum atomic E-state index is 10.1. The van der Waals surface area contributed by atoms with E-state index < -0.39 is 5.60 Å². The maximum absolute atomic E-state index is 10.1. The first-order valence-corrected chi connectivity index (χ1v) is 6.98. The molecular weight excluding hydrogens is 336 g/mol. The molecular formula is C12H14Br2O2. The minimum Gasteiger partial charge on any atom is -0.489 e. The predicted molar refractivity (Wildman–Crippen MR) is 70.8 cm³/mol. The SMILES string of the molecule is OC1(COc2ccc(Br)cc2Br)CCCC1. The van der Waals surface area contributed by atoms with Gasteiger partial charge in [-0.25, -0.2) is 0 Å². The third-order valence-corrected chi connectivity index (χ3v) is 4.04. The van der Waals surface area contributed by atoms with Gasteiger partial charge in [0.2, 0.25) is 0 Å². The van der Waals surface area contributed by atoms with Gasteiger partial charge in [-0.05, 0) is 47.0 Å². The molecule has 1 saturated carbocycles. The summed E-state index contributed by atoms with van der Waals surface area (Å²) in [4.78, 5) is 0. The van der Waals surface area contributed by atoms with Crippen LogP contribution in [0.4, 0.5) is 0 Å². The van der Waals surface area contributed by atoms with Crippen LogP contribution in [-0.4, -0.2) is 17.3 Å². The molecule has 0 aromatic heterocycles. The first kappa shape index (κ1) is 12.4. The third kappa shape index (κ3) is 2.99. The van der Waals surface area contributed by atoms with Crippen LogP contribution in [0, 0.1) is 0 Å². The van der Waals surface area contributed by atoms with Crippen LogP contribution in [0.2, 0.25) is 0 Å². The largest absolute Gasteiger partial charge is 0.489 e. The number of benzene rings is 1. The average molecular weight is 350 g/mol. The van der Waals surface area contributed by atoms with Crippen LogP contribution in [0.25, 0.3) is 0 Å². The molecule has 1 N–H and O–H groups in total. The maximum Gasteiger partial charge on any atom is 0.133 e. The Morgan fingerprint density at radius 1 is 1.25 bits per heavy atom. The Labute approximate surface area is 112 Å². The van der Waals surface area contributed by atoms with Crippen LogP contribution < -0.4 is 4.74 Å². The molecule has 16 heavy (non-hydrogen) atoms. The molecule has 0 atom stereocenters. The molecule has 0 bridgehead atoms. The van der Waals surface area contributed by atoms with Gasteiger partial charge in [-0.15, -0.1) is 0 Å². The van der Waals surface area contributed by atoms with Crippen LogP contribution in [0.3, 0.4) is 0 Å². The van der Waals surface area contributed by atoms with E-state index in [4.69, 9.17) is 4.74 Å². The number of halogens is 2. The van der Waals surface area contributed by atoms with E-state index in [-0.39, 0.29) is 0 Å². The van der Waals surface area contributed by atoms with Crippen LogP contribution >= 0.6 is 31.9 Å². The van der Waals surface area contributed by atoms with Crippen molar-refractivity contribution in [3.8, 4) is 5.75 Å². The van der Waals surface area contributed by atoms with E-state index in [1.54, 1.807) is 0 Å². The second kappa shape index (κ2) is 5.07. The summed E-state index contributed by atoms with van der Waals surface area (Å²) in [5.41, 5.74) is -0.619. The van der Waals surface area contributed by atoms with Gasteiger partial charge >= 0.3 is 0 Å². The van der Waals surface area contributed by atoms with Crippen molar-refractivity contribution in [3.63, 3.8) is 0 Å². The minimum absolute atomic E-state index is 0.382. The van der Waals surface area contributed by atoms with Crippen molar-refractivity contribution in [2.75, 3.05) is 6.61 Å². The van der Waals surface area contributed by atoms with E-state index >= 15 is 0 Å². The standard InChI is InChI=1S/C12H14Br2O2/c13-9-3-4-11(10(14)7-9)16-8-12(15)5-1-2-6-12/h3-4,7,15H,1-2,5-6,8H2. The summed E-state index contributed by atoms with van der Waals surface area (Å²) in [6.45, 7) is 0.382. The molecule has 88 valence electrons. The van der Waals surface area contributed by atoms with Gasteiger partial charge < -0.3 is 9.84 Å². The minimum atomic E-state index is -0.619. The lowest BCUT2D eigenvalue weighted by atomic mass is 10.0. The fraction of sp³-hybridized carbons (Fsp3) is 0.500. The molecule has 4 heteroatoms. The third-order valence-electron chi connectivity index (χ3n) is 2.92. The number of aliphatic hydroxyl groups is 1. The molecule has 0 spiro atoms.